The highest BCUT2D eigenvalue weighted by Gasteiger charge is 2.32. The summed E-state index contributed by atoms with van der Waals surface area (Å²) >= 11 is 0. The maximum Gasteiger partial charge on any atom is 0.185 e. The molecule has 0 bridgehead atoms. The third-order valence-corrected chi connectivity index (χ3v) is 2.63. The Bertz CT molecular complexity index is 379. The van der Waals surface area contributed by atoms with Gasteiger partial charge in [0, 0.05) is 22.6 Å². The number of ketones is 2. The molecule has 15 heavy (non-hydrogen) atoms. The van der Waals surface area contributed by atoms with E-state index in [1.807, 2.05) is 25.7 Å². The fraction of sp³-hybridized carbons (Fsp3) is 0.154. The predicted molar refractivity (Wildman–Crippen MR) is 56.9 cm³/mol. The van der Waals surface area contributed by atoms with Crippen LogP contribution in [0.5, 0.6) is 0 Å². The van der Waals surface area contributed by atoms with Crippen molar-refractivity contribution in [3.8, 4) is 0 Å². The summed E-state index contributed by atoms with van der Waals surface area (Å²) in [6, 6.07) is 0. The largest absolute Gasteiger partial charge is 0.290 e. The Labute approximate surface area is 90.1 Å². The van der Waals surface area contributed by atoms with Gasteiger partial charge in [-0.05, 0) is 45.6 Å². The molecule has 0 atom stereocenters. The molecule has 1 saturated carbocycles. The fourth-order valence-electron chi connectivity index (χ4n) is 1.75. The van der Waals surface area contributed by atoms with E-state index in [1.165, 1.54) is 6.08 Å². The Morgan fingerprint density at radius 1 is 1.00 bits per heavy atom. The van der Waals surface area contributed by atoms with E-state index in [-0.39, 0.29) is 11.6 Å². The van der Waals surface area contributed by atoms with Gasteiger partial charge in [0.2, 0.25) is 0 Å². The Balaban J connectivity index is 2.38. The Kier molecular flexibility index (Phi) is 2.59. The quantitative estimate of drug-likeness (QED) is 0.603. The van der Waals surface area contributed by atoms with E-state index >= 15 is 0 Å². The monoisotopic (exact) mass is 199 g/mol. The first kappa shape index (κ1) is 10.3. The molecule has 0 aromatic heterocycles. The van der Waals surface area contributed by atoms with Crippen LogP contribution in [0.2, 0.25) is 0 Å². The van der Waals surface area contributed by atoms with Crippen molar-refractivity contribution in [1.29, 1.82) is 0 Å². The summed E-state index contributed by atoms with van der Waals surface area (Å²) in [5.74, 6) is 0.722. The number of Topliss-reactive ketones (excluding diaryl/α,β-unsaturated/α-hetero) is 1. The Morgan fingerprint density at radius 3 is 2.20 bits per heavy atom. The molecule has 5 radical (unpaired) electrons. The molecule has 2 aliphatic carbocycles. The van der Waals surface area contributed by atoms with E-state index in [1.54, 1.807) is 13.8 Å². The standard InChI is InChI=1S/C13H11O2/c1-8-7-11(14)9(2)12(13(8)15)10-5-3-4-6-10/h3-7H,1-2H3. The number of carbonyl (C=O) groups excluding carboxylic acids is 2. The summed E-state index contributed by atoms with van der Waals surface area (Å²) in [5, 5.41) is 0. The predicted octanol–water partition coefficient (Wildman–Crippen LogP) is 1.81. The van der Waals surface area contributed by atoms with E-state index in [4.69, 9.17) is 0 Å². The van der Waals surface area contributed by atoms with Crippen LogP contribution in [0, 0.1) is 31.6 Å². The lowest BCUT2D eigenvalue weighted by Gasteiger charge is -2.19. The first-order chi connectivity index (χ1) is 7.11. The Hall–Kier alpha value is -1.18. The number of allylic oxidation sites excluding steroid dienone is 4. The summed E-state index contributed by atoms with van der Waals surface area (Å²) in [6.07, 6.45) is 8.83. The second-order valence-electron chi connectivity index (χ2n) is 3.69. The number of carbonyl (C=O) groups is 2. The van der Waals surface area contributed by atoms with Gasteiger partial charge in [-0.15, -0.1) is 0 Å². The van der Waals surface area contributed by atoms with Gasteiger partial charge in [-0.3, -0.25) is 9.59 Å². The van der Waals surface area contributed by atoms with Crippen LogP contribution in [0.4, 0.5) is 0 Å². The van der Waals surface area contributed by atoms with Crippen molar-refractivity contribution in [2.45, 2.75) is 13.8 Å². The highest BCUT2D eigenvalue weighted by molar-refractivity contribution is 6.24. The van der Waals surface area contributed by atoms with E-state index < -0.39 is 0 Å². The maximum absolute atomic E-state index is 11.9. The van der Waals surface area contributed by atoms with Gasteiger partial charge in [-0.2, -0.15) is 0 Å². The lowest BCUT2D eigenvalue weighted by atomic mass is 9.82. The molecule has 0 unspecified atom stereocenters. The van der Waals surface area contributed by atoms with Crippen molar-refractivity contribution in [2.24, 2.45) is 0 Å². The molecule has 75 valence electrons. The second kappa shape index (κ2) is 3.76. The van der Waals surface area contributed by atoms with Gasteiger partial charge in [-0.25, -0.2) is 0 Å². The zero-order chi connectivity index (χ0) is 11.0. The van der Waals surface area contributed by atoms with Crippen LogP contribution < -0.4 is 0 Å². The lowest BCUT2D eigenvalue weighted by molar-refractivity contribution is -0.115. The van der Waals surface area contributed by atoms with Gasteiger partial charge in [0.05, 0.1) is 0 Å². The third kappa shape index (κ3) is 1.69. The van der Waals surface area contributed by atoms with Crippen molar-refractivity contribution in [2.75, 3.05) is 0 Å². The average Bonchev–Trinajstić information content (AvgIpc) is 2.69. The first-order valence-electron chi connectivity index (χ1n) is 4.81. The van der Waals surface area contributed by atoms with E-state index in [0.29, 0.717) is 16.7 Å². The van der Waals surface area contributed by atoms with Crippen molar-refractivity contribution in [3.63, 3.8) is 0 Å². The van der Waals surface area contributed by atoms with Crippen molar-refractivity contribution >= 4 is 11.6 Å². The molecule has 0 N–H and O–H groups in total. The minimum atomic E-state index is -0.0664. The summed E-state index contributed by atoms with van der Waals surface area (Å²) in [4.78, 5) is 23.5. The van der Waals surface area contributed by atoms with Gasteiger partial charge in [0.15, 0.2) is 11.6 Å². The number of rotatable bonds is 1. The summed E-state index contributed by atoms with van der Waals surface area (Å²) in [7, 11) is 0. The van der Waals surface area contributed by atoms with Crippen LogP contribution in [0.3, 0.4) is 0 Å². The first-order valence-corrected chi connectivity index (χ1v) is 4.81. The van der Waals surface area contributed by atoms with Crippen LogP contribution in [0.25, 0.3) is 0 Å². The zero-order valence-corrected chi connectivity index (χ0v) is 8.70. The molecular formula is C13H11O2. The molecule has 0 heterocycles. The van der Waals surface area contributed by atoms with E-state index in [0.717, 1.165) is 5.92 Å². The molecule has 2 nitrogen and oxygen atoms in total. The molecular weight excluding hydrogens is 188 g/mol. The second-order valence-corrected chi connectivity index (χ2v) is 3.69. The molecule has 0 amide bonds. The summed E-state index contributed by atoms with van der Waals surface area (Å²) in [6.45, 7) is 3.38. The molecule has 0 aromatic rings. The van der Waals surface area contributed by atoms with Gasteiger partial charge in [0.25, 0.3) is 0 Å². The van der Waals surface area contributed by atoms with Crippen LogP contribution >= 0.6 is 0 Å². The SMILES string of the molecule is CC1=CC(=O)C(C)=C([C]2[CH][CH][CH][CH]2)C1=O. The topological polar surface area (TPSA) is 34.1 Å². The van der Waals surface area contributed by atoms with Crippen molar-refractivity contribution in [3.05, 3.63) is 54.4 Å². The van der Waals surface area contributed by atoms with Gasteiger partial charge >= 0.3 is 0 Å². The minimum Gasteiger partial charge on any atom is -0.290 e. The van der Waals surface area contributed by atoms with Crippen LogP contribution in [0.1, 0.15) is 13.8 Å². The molecule has 1 fully saturated rings. The molecule has 0 aliphatic heterocycles. The minimum absolute atomic E-state index is 0.0432. The average molecular weight is 199 g/mol. The number of hydrogen-bond donors (Lipinski definition) is 0. The van der Waals surface area contributed by atoms with Gasteiger partial charge in [-0.1, -0.05) is 0 Å². The maximum atomic E-state index is 11.9. The fourth-order valence-corrected chi connectivity index (χ4v) is 1.75. The van der Waals surface area contributed by atoms with Crippen LogP contribution in [-0.4, -0.2) is 11.6 Å². The Morgan fingerprint density at radius 2 is 1.60 bits per heavy atom. The van der Waals surface area contributed by atoms with Crippen molar-refractivity contribution in [1.82, 2.24) is 0 Å². The normalized spacial score (nSPS) is 23.7. The smallest absolute Gasteiger partial charge is 0.185 e. The van der Waals surface area contributed by atoms with Crippen molar-refractivity contribution < 1.29 is 9.59 Å². The van der Waals surface area contributed by atoms with Crippen LogP contribution in [-0.2, 0) is 9.59 Å². The summed E-state index contributed by atoms with van der Waals surface area (Å²) < 4.78 is 0. The summed E-state index contributed by atoms with van der Waals surface area (Å²) in [5.41, 5.74) is 1.60. The highest BCUT2D eigenvalue weighted by Crippen LogP contribution is 2.35. The third-order valence-electron chi connectivity index (χ3n) is 2.63. The van der Waals surface area contributed by atoms with Gasteiger partial charge < -0.3 is 0 Å². The van der Waals surface area contributed by atoms with E-state index in [9.17, 15) is 9.59 Å². The van der Waals surface area contributed by atoms with E-state index in [2.05, 4.69) is 0 Å². The number of hydrogen-bond acceptors (Lipinski definition) is 2. The molecule has 2 rings (SSSR count). The molecule has 0 aromatic carbocycles. The lowest BCUT2D eigenvalue weighted by Crippen LogP contribution is -2.20. The highest BCUT2D eigenvalue weighted by atomic mass is 16.1. The zero-order valence-electron chi connectivity index (χ0n) is 8.70. The molecule has 0 saturated heterocycles. The molecule has 2 aliphatic rings. The molecule has 0 spiro atoms. The van der Waals surface area contributed by atoms with Crippen LogP contribution in [0.15, 0.2) is 22.8 Å². The van der Waals surface area contributed by atoms with Gasteiger partial charge in [0.1, 0.15) is 0 Å². The molecule has 2 heteroatoms.